The lowest BCUT2D eigenvalue weighted by molar-refractivity contribution is -0.133. The molecule has 1 aliphatic rings. The van der Waals surface area contributed by atoms with Crippen molar-refractivity contribution in [1.29, 1.82) is 0 Å². The smallest absolute Gasteiger partial charge is 0.225 e. The number of nitrogens with two attached hydrogens (primary N) is 1. The molecule has 1 unspecified atom stereocenters. The number of carbonyl (C=O) groups is 2. The van der Waals surface area contributed by atoms with E-state index in [1.807, 2.05) is 32.6 Å². The number of carbonyl (C=O) groups excluding carboxylic acids is 2. The molecule has 0 aromatic carbocycles. The minimum atomic E-state index is -0.370. The summed E-state index contributed by atoms with van der Waals surface area (Å²) in [6.45, 7) is 9.90. The SMILES string of the molecule is CC(N)C1CCN(C(=O)CCCNC(=O)C(C)(C)C)CC1.Cl. The Balaban J connectivity index is 0.00000441. The maximum Gasteiger partial charge on any atom is 0.225 e. The Bertz CT molecular complexity index is 359. The van der Waals surface area contributed by atoms with Gasteiger partial charge in [-0.2, -0.15) is 0 Å². The van der Waals surface area contributed by atoms with E-state index in [9.17, 15) is 9.59 Å². The van der Waals surface area contributed by atoms with Gasteiger partial charge in [0.15, 0.2) is 0 Å². The molecule has 0 bridgehead atoms. The molecule has 0 aromatic heterocycles. The molecule has 2 amide bonds. The van der Waals surface area contributed by atoms with E-state index in [1.54, 1.807) is 0 Å². The molecule has 0 aliphatic carbocycles. The maximum absolute atomic E-state index is 12.1. The van der Waals surface area contributed by atoms with Crippen LogP contribution in [0.3, 0.4) is 0 Å². The summed E-state index contributed by atoms with van der Waals surface area (Å²) in [4.78, 5) is 25.7. The van der Waals surface area contributed by atoms with Crippen LogP contribution >= 0.6 is 12.4 Å². The van der Waals surface area contributed by atoms with Crippen molar-refractivity contribution in [1.82, 2.24) is 10.2 Å². The second-order valence-electron chi connectivity index (χ2n) is 7.19. The van der Waals surface area contributed by atoms with E-state index < -0.39 is 0 Å². The molecule has 1 rings (SSSR count). The fourth-order valence-corrected chi connectivity index (χ4v) is 2.54. The quantitative estimate of drug-likeness (QED) is 0.755. The fraction of sp³-hybridized carbons (Fsp3) is 0.875. The summed E-state index contributed by atoms with van der Waals surface area (Å²) in [7, 11) is 0. The highest BCUT2D eigenvalue weighted by Crippen LogP contribution is 2.20. The predicted molar refractivity (Wildman–Crippen MR) is 91.9 cm³/mol. The lowest BCUT2D eigenvalue weighted by Crippen LogP contribution is -2.42. The maximum atomic E-state index is 12.1. The van der Waals surface area contributed by atoms with Gasteiger partial charge in [-0.05, 0) is 32.1 Å². The molecular weight excluding hydrogens is 302 g/mol. The number of rotatable bonds is 5. The van der Waals surface area contributed by atoms with Crippen LogP contribution in [0, 0.1) is 11.3 Å². The zero-order valence-corrected chi connectivity index (χ0v) is 15.2. The molecule has 3 N–H and O–H groups in total. The van der Waals surface area contributed by atoms with Crippen molar-refractivity contribution in [2.75, 3.05) is 19.6 Å². The number of piperidine rings is 1. The van der Waals surface area contributed by atoms with E-state index in [0.29, 0.717) is 25.3 Å². The normalized spacial score (nSPS) is 17.6. The van der Waals surface area contributed by atoms with Crippen LogP contribution in [0.25, 0.3) is 0 Å². The Hall–Kier alpha value is -0.810. The van der Waals surface area contributed by atoms with Crippen molar-refractivity contribution >= 4 is 24.2 Å². The molecule has 5 nitrogen and oxygen atoms in total. The van der Waals surface area contributed by atoms with Crippen molar-refractivity contribution in [2.45, 2.75) is 59.4 Å². The third-order valence-corrected chi connectivity index (χ3v) is 4.17. The van der Waals surface area contributed by atoms with Crippen LogP contribution in [-0.2, 0) is 9.59 Å². The third-order valence-electron chi connectivity index (χ3n) is 4.17. The molecule has 1 fully saturated rings. The molecule has 1 heterocycles. The highest BCUT2D eigenvalue weighted by molar-refractivity contribution is 5.85. The van der Waals surface area contributed by atoms with E-state index in [1.165, 1.54) is 0 Å². The van der Waals surface area contributed by atoms with Crippen LogP contribution in [0.4, 0.5) is 0 Å². The number of nitrogens with zero attached hydrogens (tertiary/aromatic N) is 1. The van der Waals surface area contributed by atoms with Crippen LogP contribution < -0.4 is 11.1 Å². The minimum absolute atomic E-state index is 0. The Morgan fingerprint density at radius 1 is 1.27 bits per heavy atom. The molecule has 1 atom stereocenters. The van der Waals surface area contributed by atoms with E-state index in [4.69, 9.17) is 5.73 Å². The van der Waals surface area contributed by atoms with Crippen LogP contribution in [0.15, 0.2) is 0 Å². The van der Waals surface area contributed by atoms with E-state index in [-0.39, 0.29) is 35.7 Å². The van der Waals surface area contributed by atoms with E-state index in [0.717, 1.165) is 25.9 Å². The first-order valence-electron chi connectivity index (χ1n) is 8.03. The summed E-state index contributed by atoms with van der Waals surface area (Å²) >= 11 is 0. The van der Waals surface area contributed by atoms with Gasteiger partial charge in [0, 0.05) is 37.5 Å². The fourth-order valence-electron chi connectivity index (χ4n) is 2.54. The molecule has 130 valence electrons. The third kappa shape index (κ3) is 6.97. The average molecular weight is 334 g/mol. The summed E-state index contributed by atoms with van der Waals surface area (Å²) in [5, 5.41) is 2.88. The summed E-state index contributed by atoms with van der Waals surface area (Å²) in [5.74, 6) is 0.774. The Morgan fingerprint density at radius 2 is 1.82 bits per heavy atom. The molecule has 6 heteroatoms. The summed E-state index contributed by atoms with van der Waals surface area (Å²) in [5.41, 5.74) is 5.54. The van der Waals surface area contributed by atoms with Gasteiger partial charge in [0.05, 0.1) is 0 Å². The average Bonchev–Trinajstić information content (AvgIpc) is 2.42. The molecule has 1 aliphatic heterocycles. The van der Waals surface area contributed by atoms with Gasteiger partial charge in [-0.3, -0.25) is 9.59 Å². The van der Waals surface area contributed by atoms with Crippen LogP contribution in [0.1, 0.15) is 53.4 Å². The minimum Gasteiger partial charge on any atom is -0.356 e. The molecule has 0 saturated carbocycles. The monoisotopic (exact) mass is 333 g/mol. The second kappa shape index (κ2) is 9.36. The number of hydrogen-bond acceptors (Lipinski definition) is 3. The highest BCUT2D eigenvalue weighted by Gasteiger charge is 2.24. The largest absolute Gasteiger partial charge is 0.356 e. The van der Waals surface area contributed by atoms with Gasteiger partial charge in [-0.1, -0.05) is 20.8 Å². The Kier molecular flexibility index (Phi) is 9.01. The van der Waals surface area contributed by atoms with Crippen molar-refractivity contribution < 1.29 is 9.59 Å². The lowest BCUT2D eigenvalue weighted by atomic mass is 9.91. The molecule has 1 saturated heterocycles. The van der Waals surface area contributed by atoms with Gasteiger partial charge < -0.3 is 16.0 Å². The van der Waals surface area contributed by atoms with Crippen LogP contribution in [0.5, 0.6) is 0 Å². The van der Waals surface area contributed by atoms with Crippen molar-refractivity contribution in [3.63, 3.8) is 0 Å². The van der Waals surface area contributed by atoms with E-state index >= 15 is 0 Å². The van der Waals surface area contributed by atoms with Gasteiger partial charge >= 0.3 is 0 Å². The van der Waals surface area contributed by atoms with Crippen LogP contribution in [0.2, 0.25) is 0 Å². The molecular formula is C16H32ClN3O2. The first kappa shape index (κ1) is 21.2. The summed E-state index contributed by atoms with van der Waals surface area (Å²) < 4.78 is 0. The molecule has 0 aromatic rings. The zero-order valence-electron chi connectivity index (χ0n) is 14.4. The topological polar surface area (TPSA) is 75.4 Å². The first-order chi connectivity index (χ1) is 9.71. The standard InChI is InChI=1S/C16H31N3O2.ClH/c1-12(17)13-7-10-19(11-8-13)14(20)6-5-9-18-15(21)16(2,3)4;/h12-13H,5-11,17H2,1-4H3,(H,18,21);1H. The van der Waals surface area contributed by atoms with Gasteiger partial charge in [-0.25, -0.2) is 0 Å². The van der Waals surface area contributed by atoms with Gasteiger partial charge in [-0.15, -0.1) is 12.4 Å². The van der Waals surface area contributed by atoms with Crippen LogP contribution in [-0.4, -0.2) is 42.4 Å². The number of amides is 2. The number of halogens is 1. The molecule has 0 radical (unpaired) electrons. The van der Waals surface area contributed by atoms with Gasteiger partial charge in [0.25, 0.3) is 0 Å². The summed E-state index contributed by atoms with van der Waals surface area (Å²) in [6, 6.07) is 0.217. The zero-order chi connectivity index (χ0) is 16.0. The van der Waals surface area contributed by atoms with Crippen molar-refractivity contribution in [3.05, 3.63) is 0 Å². The van der Waals surface area contributed by atoms with E-state index in [2.05, 4.69) is 5.32 Å². The van der Waals surface area contributed by atoms with Gasteiger partial charge in [0.2, 0.25) is 11.8 Å². The highest BCUT2D eigenvalue weighted by atomic mass is 35.5. The number of likely N-dealkylation sites (tertiary alicyclic amines) is 1. The van der Waals surface area contributed by atoms with Crippen molar-refractivity contribution in [3.8, 4) is 0 Å². The lowest BCUT2D eigenvalue weighted by Gasteiger charge is -2.33. The molecule has 0 spiro atoms. The second-order valence-corrected chi connectivity index (χ2v) is 7.19. The van der Waals surface area contributed by atoms with Gasteiger partial charge in [0.1, 0.15) is 0 Å². The molecule has 22 heavy (non-hydrogen) atoms. The Labute approximate surface area is 140 Å². The predicted octanol–water partition coefficient (Wildman–Crippen LogP) is 1.94. The number of hydrogen-bond donors (Lipinski definition) is 2. The summed E-state index contributed by atoms with van der Waals surface area (Å²) in [6.07, 6.45) is 3.22. The first-order valence-corrected chi connectivity index (χ1v) is 8.03. The van der Waals surface area contributed by atoms with Crippen molar-refractivity contribution in [2.24, 2.45) is 17.1 Å². The Morgan fingerprint density at radius 3 is 2.27 bits per heavy atom. The number of nitrogens with one attached hydrogen (secondary N) is 1.